The number of aromatic nitrogens is 1. The number of likely N-dealkylation sites (tertiary alicyclic amines) is 1. The van der Waals surface area contributed by atoms with Crippen LogP contribution in [-0.2, 0) is 14.4 Å². The second-order valence-electron chi connectivity index (χ2n) is 7.62. The molecule has 1 aliphatic heterocycles. The van der Waals surface area contributed by atoms with E-state index in [9.17, 15) is 19.6 Å². The van der Waals surface area contributed by atoms with E-state index in [-0.39, 0.29) is 24.3 Å². The highest BCUT2D eigenvalue weighted by molar-refractivity contribution is 5.97. The van der Waals surface area contributed by atoms with E-state index in [0.29, 0.717) is 36.7 Å². The number of nitrogens with zero attached hydrogens (tertiary/aromatic N) is 3. The Bertz CT molecular complexity index is 679. The molecule has 1 aromatic heterocycles. The zero-order valence-corrected chi connectivity index (χ0v) is 16.8. The SMILES string of the molecule is CCCC[C@H](CN(O)C=O)C(=O)N1C[C@H](C)C[C@H]1C(=O)Nc1ccc(C)cn1. The first-order valence-electron chi connectivity index (χ1n) is 9.80. The fourth-order valence-corrected chi connectivity index (χ4v) is 3.54. The van der Waals surface area contributed by atoms with Crippen LogP contribution >= 0.6 is 0 Å². The highest BCUT2D eigenvalue weighted by Gasteiger charge is 2.40. The lowest BCUT2D eigenvalue weighted by atomic mass is 9.99. The molecule has 0 aromatic carbocycles. The molecule has 1 aliphatic rings. The summed E-state index contributed by atoms with van der Waals surface area (Å²) in [6, 6.07) is 3.01. The molecule has 1 saturated heterocycles. The lowest BCUT2D eigenvalue weighted by Crippen LogP contribution is -2.47. The van der Waals surface area contributed by atoms with Crippen LogP contribution in [0.15, 0.2) is 18.3 Å². The highest BCUT2D eigenvalue weighted by atomic mass is 16.5. The van der Waals surface area contributed by atoms with Crippen LogP contribution in [-0.4, -0.2) is 57.5 Å². The number of pyridine rings is 1. The minimum Gasteiger partial charge on any atom is -0.330 e. The average molecular weight is 390 g/mol. The maximum absolute atomic E-state index is 13.1. The third-order valence-corrected chi connectivity index (χ3v) is 5.04. The summed E-state index contributed by atoms with van der Waals surface area (Å²) in [5.41, 5.74) is 0.992. The minimum absolute atomic E-state index is 0.0684. The van der Waals surface area contributed by atoms with Gasteiger partial charge >= 0.3 is 0 Å². The van der Waals surface area contributed by atoms with Crippen molar-refractivity contribution in [2.75, 3.05) is 18.4 Å². The van der Waals surface area contributed by atoms with Crippen LogP contribution in [0.3, 0.4) is 0 Å². The molecule has 0 aliphatic carbocycles. The third-order valence-electron chi connectivity index (χ3n) is 5.04. The summed E-state index contributed by atoms with van der Waals surface area (Å²) in [6.45, 7) is 6.34. The number of unbranched alkanes of at least 4 members (excludes halogenated alkanes) is 1. The fraction of sp³-hybridized carbons (Fsp3) is 0.600. The molecule has 0 radical (unpaired) electrons. The summed E-state index contributed by atoms with van der Waals surface area (Å²) in [4.78, 5) is 42.5. The van der Waals surface area contributed by atoms with Gasteiger partial charge in [-0.05, 0) is 37.3 Å². The van der Waals surface area contributed by atoms with Gasteiger partial charge in [0.1, 0.15) is 11.9 Å². The lowest BCUT2D eigenvalue weighted by Gasteiger charge is -2.29. The van der Waals surface area contributed by atoms with Gasteiger partial charge in [-0.15, -0.1) is 0 Å². The van der Waals surface area contributed by atoms with Gasteiger partial charge in [-0.25, -0.2) is 10.0 Å². The average Bonchev–Trinajstić information content (AvgIpc) is 3.08. The minimum atomic E-state index is -0.585. The summed E-state index contributed by atoms with van der Waals surface area (Å²) >= 11 is 0. The quantitative estimate of drug-likeness (QED) is 0.382. The van der Waals surface area contributed by atoms with Crippen LogP contribution in [0.5, 0.6) is 0 Å². The molecule has 2 heterocycles. The molecule has 1 aromatic rings. The van der Waals surface area contributed by atoms with Crippen LogP contribution in [0.1, 0.15) is 45.1 Å². The molecule has 28 heavy (non-hydrogen) atoms. The Morgan fingerprint density at radius 2 is 2.21 bits per heavy atom. The van der Waals surface area contributed by atoms with E-state index in [2.05, 4.69) is 10.3 Å². The smallest absolute Gasteiger partial charge is 0.248 e. The molecule has 0 unspecified atom stereocenters. The number of carbonyl (C=O) groups is 3. The van der Waals surface area contributed by atoms with Crippen LogP contribution in [0.2, 0.25) is 0 Å². The lowest BCUT2D eigenvalue weighted by molar-refractivity contribution is -0.157. The van der Waals surface area contributed by atoms with Crippen molar-refractivity contribution in [3.63, 3.8) is 0 Å². The molecular weight excluding hydrogens is 360 g/mol. The number of carbonyl (C=O) groups excluding carboxylic acids is 3. The number of anilines is 1. The fourth-order valence-electron chi connectivity index (χ4n) is 3.54. The van der Waals surface area contributed by atoms with Crippen molar-refractivity contribution in [2.24, 2.45) is 11.8 Å². The van der Waals surface area contributed by atoms with E-state index in [1.165, 1.54) is 0 Å². The van der Waals surface area contributed by atoms with E-state index in [1.54, 1.807) is 17.2 Å². The second-order valence-corrected chi connectivity index (χ2v) is 7.62. The van der Waals surface area contributed by atoms with E-state index in [0.717, 1.165) is 18.4 Å². The van der Waals surface area contributed by atoms with Gasteiger partial charge in [-0.1, -0.05) is 32.8 Å². The molecule has 0 bridgehead atoms. The molecule has 0 saturated carbocycles. The maximum Gasteiger partial charge on any atom is 0.248 e. The van der Waals surface area contributed by atoms with Crippen LogP contribution in [0.4, 0.5) is 5.82 Å². The van der Waals surface area contributed by atoms with Gasteiger partial charge in [0.2, 0.25) is 18.2 Å². The Morgan fingerprint density at radius 3 is 2.82 bits per heavy atom. The summed E-state index contributed by atoms with van der Waals surface area (Å²) in [7, 11) is 0. The first kappa shape index (κ1) is 21.8. The highest BCUT2D eigenvalue weighted by Crippen LogP contribution is 2.27. The second kappa shape index (κ2) is 10.2. The van der Waals surface area contributed by atoms with Gasteiger partial charge in [0.25, 0.3) is 0 Å². The van der Waals surface area contributed by atoms with Crippen molar-refractivity contribution in [3.05, 3.63) is 23.9 Å². The topological polar surface area (TPSA) is 103 Å². The molecule has 154 valence electrons. The van der Waals surface area contributed by atoms with E-state index < -0.39 is 12.0 Å². The first-order valence-corrected chi connectivity index (χ1v) is 9.80. The molecular formula is C20H30N4O4. The van der Waals surface area contributed by atoms with E-state index in [1.807, 2.05) is 26.8 Å². The molecule has 2 rings (SSSR count). The van der Waals surface area contributed by atoms with Crippen molar-refractivity contribution in [1.82, 2.24) is 14.9 Å². The predicted octanol–water partition coefficient (Wildman–Crippen LogP) is 2.22. The Hall–Kier alpha value is -2.48. The number of rotatable bonds is 9. The maximum atomic E-state index is 13.1. The van der Waals surface area contributed by atoms with Crippen LogP contribution in [0.25, 0.3) is 0 Å². The predicted molar refractivity (Wildman–Crippen MR) is 104 cm³/mol. The van der Waals surface area contributed by atoms with Crippen molar-refractivity contribution in [1.29, 1.82) is 0 Å². The van der Waals surface area contributed by atoms with Gasteiger partial charge in [0.05, 0.1) is 12.5 Å². The first-order chi connectivity index (χ1) is 13.3. The van der Waals surface area contributed by atoms with E-state index in [4.69, 9.17) is 0 Å². The van der Waals surface area contributed by atoms with Gasteiger partial charge in [-0.2, -0.15) is 0 Å². The Kier molecular flexibility index (Phi) is 7.92. The summed E-state index contributed by atoms with van der Waals surface area (Å²) in [5.74, 6) is -0.357. The number of hydroxylamine groups is 2. The number of hydrogen-bond donors (Lipinski definition) is 2. The van der Waals surface area contributed by atoms with Gasteiger partial charge < -0.3 is 10.2 Å². The zero-order chi connectivity index (χ0) is 20.7. The normalized spacial score (nSPS) is 19.9. The standard InChI is InChI=1S/C20H30N4O4/c1-4-5-6-16(12-23(28)13-25)20(27)24-11-15(3)9-17(24)19(26)22-18-8-7-14(2)10-21-18/h7-8,10,13,15-17,28H,4-6,9,11-12H2,1-3H3,(H,21,22,26)/t15-,16-,17+/m1/s1. The molecule has 1 fully saturated rings. The Labute approximate surface area is 165 Å². The molecule has 2 N–H and O–H groups in total. The van der Waals surface area contributed by atoms with Gasteiger partial charge in [0.15, 0.2) is 0 Å². The van der Waals surface area contributed by atoms with E-state index >= 15 is 0 Å². The largest absolute Gasteiger partial charge is 0.330 e. The molecule has 3 atom stereocenters. The third kappa shape index (κ3) is 5.76. The molecule has 8 nitrogen and oxygen atoms in total. The Morgan fingerprint density at radius 1 is 1.46 bits per heavy atom. The summed E-state index contributed by atoms with van der Waals surface area (Å²) in [5, 5.41) is 12.9. The number of hydrogen-bond acceptors (Lipinski definition) is 5. The number of nitrogens with one attached hydrogen (secondary N) is 1. The molecule has 0 spiro atoms. The van der Waals surface area contributed by atoms with Crippen LogP contribution < -0.4 is 5.32 Å². The van der Waals surface area contributed by atoms with Gasteiger partial charge in [-0.3, -0.25) is 19.6 Å². The number of aryl methyl sites for hydroxylation is 1. The Balaban J connectivity index is 2.12. The van der Waals surface area contributed by atoms with Crippen molar-refractivity contribution in [2.45, 2.75) is 52.5 Å². The summed E-state index contributed by atoms with van der Waals surface area (Å²) in [6.07, 6.45) is 4.80. The van der Waals surface area contributed by atoms with Crippen molar-refractivity contribution >= 4 is 24.0 Å². The van der Waals surface area contributed by atoms with Gasteiger partial charge in [0, 0.05) is 12.7 Å². The summed E-state index contributed by atoms with van der Waals surface area (Å²) < 4.78 is 0. The van der Waals surface area contributed by atoms with Crippen molar-refractivity contribution in [3.8, 4) is 0 Å². The molecule has 8 heteroatoms. The zero-order valence-electron chi connectivity index (χ0n) is 16.8. The monoisotopic (exact) mass is 390 g/mol. The number of amides is 3. The van der Waals surface area contributed by atoms with Crippen LogP contribution in [0, 0.1) is 18.8 Å². The van der Waals surface area contributed by atoms with Crippen molar-refractivity contribution < 1.29 is 19.6 Å². The molecule has 3 amide bonds.